The predicted octanol–water partition coefficient (Wildman–Crippen LogP) is 6.11. The normalized spacial score (nSPS) is 13.8. The largest absolute Gasteiger partial charge is 0.337 e. The summed E-state index contributed by atoms with van der Waals surface area (Å²) in [5.41, 5.74) is 7.89. The highest BCUT2D eigenvalue weighted by Gasteiger charge is 2.17. The van der Waals surface area contributed by atoms with Gasteiger partial charge in [-0.15, -0.1) is 0 Å². The van der Waals surface area contributed by atoms with Crippen molar-refractivity contribution < 1.29 is 4.39 Å². The summed E-state index contributed by atoms with van der Waals surface area (Å²) >= 11 is 0. The third-order valence-corrected chi connectivity index (χ3v) is 6.04. The zero-order valence-electron chi connectivity index (χ0n) is 18.5. The monoisotopic (exact) mass is 448 g/mol. The molecule has 1 aliphatic heterocycles. The first-order valence-corrected chi connectivity index (χ1v) is 11.2. The van der Waals surface area contributed by atoms with Crippen LogP contribution < -0.4 is 0 Å². The van der Waals surface area contributed by atoms with E-state index in [4.69, 9.17) is 4.98 Å². The molecule has 0 fully saturated rings. The minimum atomic E-state index is -0.276. The molecule has 0 unspecified atom stereocenters. The van der Waals surface area contributed by atoms with E-state index in [9.17, 15) is 4.39 Å². The Hall–Kier alpha value is -4.39. The van der Waals surface area contributed by atoms with Crippen molar-refractivity contribution in [2.75, 3.05) is 6.54 Å². The molecule has 6 nitrogen and oxygen atoms in total. The van der Waals surface area contributed by atoms with Crippen molar-refractivity contribution in [3.63, 3.8) is 0 Å². The Morgan fingerprint density at radius 1 is 1.06 bits per heavy atom. The second-order valence-corrected chi connectivity index (χ2v) is 8.21. The van der Waals surface area contributed by atoms with Crippen molar-refractivity contribution in [3.05, 3.63) is 84.0 Å². The highest BCUT2D eigenvalue weighted by atomic mass is 19.1. The number of benzene rings is 2. The number of H-pyrrole nitrogens is 2. The van der Waals surface area contributed by atoms with E-state index < -0.39 is 0 Å². The van der Waals surface area contributed by atoms with Crippen LogP contribution in [0.4, 0.5) is 4.39 Å². The standard InChI is InChI=1S/C27H21FN6/c1-2-16-11-18(9-10-29-14-16)23-13-21-24(15-30-23)33-34-26(21)27-31-22-8-4-7-20(25(22)32-27)17-5-3-6-19(28)12-17/h3-9,11-15H,2,10H2,1H3,(H,31,32)(H,33,34). The van der Waals surface area contributed by atoms with Crippen LogP contribution in [-0.4, -0.2) is 37.9 Å². The minimum Gasteiger partial charge on any atom is -0.337 e. The lowest BCUT2D eigenvalue weighted by Gasteiger charge is -2.03. The topological polar surface area (TPSA) is 82.6 Å². The number of pyridine rings is 1. The van der Waals surface area contributed by atoms with E-state index in [-0.39, 0.29) is 5.82 Å². The average molecular weight is 449 g/mol. The van der Waals surface area contributed by atoms with Crippen LogP contribution in [0.3, 0.4) is 0 Å². The second kappa shape index (κ2) is 8.19. The third kappa shape index (κ3) is 3.51. The zero-order chi connectivity index (χ0) is 23.1. The van der Waals surface area contributed by atoms with E-state index in [0.29, 0.717) is 18.1 Å². The Bertz CT molecular complexity index is 1640. The molecule has 2 N–H and O–H groups in total. The Morgan fingerprint density at radius 2 is 1.97 bits per heavy atom. The van der Waals surface area contributed by atoms with Gasteiger partial charge < -0.3 is 4.98 Å². The molecular weight excluding hydrogens is 427 g/mol. The van der Waals surface area contributed by atoms with Gasteiger partial charge in [-0.25, -0.2) is 9.37 Å². The lowest BCUT2D eigenvalue weighted by molar-refractivity contribution is 0.628. The molecule has 0 saturated heterocycles. The molecule has 0 spiro atoms. The number of allylic oxidation sites excluding steroid dienone is 3. The van der Waals surface area contributed by atoms with Crippen molar-refractivity contribution in [2.45, 2.75) is 13.3 Å². The van der Waals surface area contributed by atoms with Crippen LogP contribution >= 0.6 is 0 Å². The molecule has 166 valence electrons. The fourth-order valence-electron chi connectivity index (χ4n) is 4.28. The number of nitrogens with one attached hydrogen (secondary N) is 2. The summed E-state index contributed by atoms with van der Waals surface area (Å²) in [6, 6.07) is 14.4. The first-order chi connectivity index (χ1) is 16.7. The number of rotatable bonds is 4. The fourth-order valence-corrected chi connectivity index (χ4v) is 4.28. The van der Waals surface area contributed by atoms with Crippen molar-refractivity contribution in [3.8, 4) is 22.6 Å². The lowest BCUT2D eigenvalue weighted by atomic mass is 10.0. The maximum absolute atomic E-state index is 13.9. The van der Waals surface area contributed by atoms with Gasteiger partial charge in [0.15, 0.2) is 5.82 Å². The van der Waals surface area contributed by atoms with E-state index in [0.717, 1.165) is 50.8 Å². The number of aromatic amines is 2. The number of para-hydroxylation sites is 1. The predicted molar refractivity (Wildman–Crippen MR) is 134 cm³/mol. The fraction of sp³-hybridized carbons (Fsp3) is 0.111. The minimum absolute atomic E-state index is 0.276. The molecule has 0 saturated carbocycles. The lowest BCUT2D eigenvalue weighted by Crippen LogP contribution is -1.90. The maximum Gasteiger partial charge on any atom is 0.159 e. The van der Waals surface area contributed by atoms with E-state index in [1.807, 2.05) is 36.5 Å². The van der Waals surface area contributed by atoms with Crippen LogP contribution in [0.1, 0.15) is 19.0 Å². The molecule has 1 aliphatic rings. The summed E-state index contributed by atoms with van der Waals surface area (Å²) in [6.45, 7) is 2.74. The SMILES string of the molecule is CCC1=CC(c2cc3c(-c4nc5c(-c6cccc(F)c6)cccc5[nH]4)n[nH]c3cn2)=CCN=C1. The zero-order valence-corrected chi connectivity index (χ0v) is 18.5. The molecule has 34 heavy (non-hydrogen) atoms. The van der Waals surface area contributed by atoms with E-state index in [1.54, 1.807) is 12.3 Å². The summed E-state index contributed by atoms with van der Waals surface area (Å²) < 4.78 is 13.9. The highest BCUT2D eigenvalue weighted by molar-refractivity contribution is 5.98. The summed E-state index contributed by atoms with van der Waals surface area (Å²) in [4.78, 5) is 17.3. The molecule has 6 rings (SSSR count). The number of fused-ring (bicyclic) bond motifs is 2. The molecule has 3 aromatic heterocycles. The second-order valence-electron chi connectivity index (χ2n) is 8.21. The van der Waals surface area contributed by atoms with Gasteiger partial charge in [-0.1, -0.05) is 37.3 Å². The van der Waals surface area contributed by atoms with Gasteiger partial charge in [0.25, 0.3) is 0 Å². The van der Waals surface area contributed by atoms with E-state index >= 15 is 0 Å². The van der Waals surface area contributed by atoms with Crippen molar-refractivity contribution in [2.24, 2.45) is 4.99 Å². The van der Waals surface area contributed by atoms with Crippen LogP contribution in [0.5, 0.6) is 0 Å². The van der Waals surface area contributed by atoms with Crippen molar-refractivity contribution in [1.82, 2.24) is 25.1 Å². The molecule has 4 heterocycles. The van der Waals surface area contributed by atoms with Gasteiger partial charge in [0, 0.05) is 17.2 Å². The summed E-state index contributed by atoms with van der Waals surface area (Å²) in [5.74, 6) is 0.368. The number of nitrogens with zero attached hydrogens (tertiary/aromatic N) is 4. The summed E-state index contributed by atoms with van der Waals surface area (Å²) in [5, 5.41) is 8.53. The van der Waals surface area contributed by atoms with Crippen LogP contribution in [0.15, 0.2) is 77.4 Å². The van der Waals surface area contributed by atoms with Gasteiger partial charge in [0.1, 0.15) is 11.5 Å². The van der Waals surface area contributed by atoms with Crippen LogP contribution in [0, 0.1) is 5.82 Å². The Balaban J connectivity index is 1.47. The highest BCUT2D eigenvalue weighted by Crippen LogP contribution is 2.32. The number of hydrogen-bond donors (Lipinski definition) is 2. The number of aliphatic imine (C=N–C) groups is 1. The number of imidazole rings is 1. The first kappa shape index (κ1) is 20.2. The van der Waals surface area contributed by atoms with Crippen LogP contribution in [0.2, 0.25) is 0 Å². The van der Waals surface area contributed by atoms with Gasteiger partial charge >= 0.3 is 0 Å². The molecule has 0 radical (unpaired) electrons. The summed E-state index contributed by atoms with van der Waals surface area (Å²) in [6.07, 6.45) is 8.85. The maximum atomic E-state index is 13.9. The number of aromatic nitrogens is 5. The number of halogens is 1. The molecule has 2 aromatic carbocycles. The molecule has 0 aliphatic carbocycles. The quantitative estimate of drug-likeness (QED) is 0.348. The van der Waals surface area contributed by atoms with Gasteiger partial charge in [0.05, 0.1) is 35.0 Å². The van der Waals surface area contributed by atoms with Crippen LogP contribution in [0.25, 0.3) is 50.2 Å². The van der Waals surface area contributed by atoms with Gasteiger partial charge in [-0.05, 0) is 53.5 Å². The van der Waals surface area contributed by atoms with Gasteiger partial charge in [-0.3, -0.25) is 15.1 Å². The Kier molecular flexibility index (Phi) is 4.87. The van der Waals surface area contributed by atoms with Crippen LogP contribution in [-0.2, 0) is 0 Å². The van der Waals surface area contributed by atoms with Crippen molar-refractivity contribution >= 4 is 33.7 Å². The van der Waals surface area contributed by atoms with E-state index in [1.165, 1.54) is 17.7 Å². The Morgan fingerprint density at radius 3 is 2.85 bits per heavy atom. The third-order valence-electron chi connectivity index (χ3n) is 6.04. The molecule has 0 atom stereocenters. The van der Waals surface area contributed by atoms with Crippen molar-refractivity contribution in [1.29, 1.82) is 0 Å². The summed E-state index contributed by atoms with van der Waals surface area (Å²) in [7, 11) is 0. The van der Waals surface area contributed by atoms with Gasteiger partial charge in [-0.2, -0.15) is 5.10 Å². The first-order valence-electron chi connectivity index (χ1n) is 11.2. The molecular formula is C27H21FN6. The molecule has 0 bridgehead atoms. The smallest absolute Gasteiger partial charge is 0.159 e. The molecule has 0 amide bonds. The van der Waals surface area contributed by atoms with E-state index in [2.05, 4.69) is 44.2 Å². The average Bonchev–Trinajstić information content (AvgIpc) is 3.40. The van der Waals surface area contributed by atoms with Gasteiger partial charge in [0.2, 0.25) is 0 Å². The molecule has 5 aromatic rings. The molecule has 7 heteroatoms. The number of hydrogen-bond acceptors (Lipinski definition) is 4. The Labute approximate surface area is 195 Å².